The van der Waals surface area contributed by atoms with Crippen LogP contribution in [0.1, 0.15) is 33.2 Å². The number of carbonyl (C=O) groups excluding carboxylic acids is 2. The van der Waals surface area contributed by atoms with Gasteiger partial charge < -0.3 is 9.47 Å². The molecule has 9 heteroatoms. The van der Waals surface area contributed by atoms with Crippen LogP contribution in [-0.2, 0) is 30.4 Å². The summed E-state index contributed by atoms with van der Waals surface area (Å²) in [6.45, 7) is 1.27. The van der Waals surface area contributed by atoms with E-state index in [4.69, 9.17) is 5.73 Å². The van der Waals surface area contributed by atoms with Crippen molar-refractivity contribution in [1.82, 2.24) is 0 Å². The molecule has 0 bridgehead atoms. The van der Waals surface area contributed by atoms with Crippen molar-refractivity contribution in [3.63, 3.8) is 0 Å². The smallest absolute Gasteiger partial charge is 0.337 e. The van der Waals surface area contributed by atoms with E-state index in [0.29, 0.717) is 0 Å². The van der Waals surface area contributed by atoms with Gasteiger partial charge in [-0.05, 0) is 25.1 Å². The molecular formula is C12H15NO7S. The van der Waals surface area contributed by atoms with Gasteiger partial charge >= 0.3 is 11.9 Å². The molecule has 0 spiro atoms. The van der Waals surface area contributed by atoms with E-state index in [0.717, 1.165) is 0 Å². The van der Waals surface area contributed by atoms with Gasteiger partial charge in [-0.15, -0.1) is 0 Å². The third-order valence-electron chi connectivity index (χ3n) is 2.61. The lowest BCUT2D eigenvalue weighted by molar-refractivity contribution is 0.0597. The third kappa shape index (κ3) is 4.25. The van der Waals surface area contributed by atoms with Gasteiger partial charge in [-0.2, -0.15) is 0 Å². The quantitative estimate of drug-likeness (QED) is 0.440. The first-order chi connectivity index (χ1) is 9.71. The Bertz CT molecular complexity index is 594. The van der Waals surface area contributed by atoms with Crippen LogP contribution in [0, 0.1) is 0 Å². The van der Waals surface area contributed by atoms with E-state index in [-0.39, 0.29) is 16.7 Å². The molecule has 2 N–H and O–H groups in total. The molecular weight excluding hydrogens is 302 g/mol. The van der Waals surface area contributed by atoms with Gasteiger partial charge in [0.25, 0.3) is 11.0 Å². The summed E-state index contributed by atoms with van der Waals surface area (Å²) in [5, 5.41) is 0. The SMILES string of the molecule is COC(=O)c1cc(C(=O)OC)cc(C(C)(N)O[SH](=O)=O)c1. The number of hydrogen-bond donors (Lipinski definition) is 2. The minimum atomic E-state index is -3.23. The lowest BCUT2D eigenvalue weighted by atomic mass is 9.99. The second kappa shape index (κ2) is 6.66. The molecule has 0 heterocycles. The van der Waals surface area contributed by atoms with Gasteiger partial charge in [-0.3, -0.25) is 5.73 Å². The Hall–Kier alpha value is -1.97. The second-order valence-electron chi connectivity index (χ2n) is 4.20. The summed E-state index contributed by atoms with van der Waals surface area (Å²) in [6, 6.07) is 3.79. The summed E-state index contributed by atoms with van der Waals surface area (Å²) in [7, 11) is -0.894. The summed E-state index contributed by atoms with van der Waals surface area (Å²) in [4.78, 5) is 23.2. The van der Waals surface area contributed by atoms with Crippen molar-refractivity contribution < 1.29 is 31.7 Å². The number of nitrogens with two attached hydrogens (primary N) is 1. The summed E-state index contributed by atoms with van der Waals surface area (Å²) in [5.74, 6) is -1.44. The molecule has 0 amide bonds. The normalized spacial score (nSPS) is 13.6. The van der Waals surface area contributed by atoms with Crippen LogP contribution < -0.4 is 5.73 Å². The molecule has 0 saturated carbocycles. The fraction of sp³-hybridized carbons (Fsp3) is 0.333. The average Bonchev–Trinajstić information content (AvgIpc) is 2.43. The van der Waals surface area contributed by atoms with Crippen LogP contribution in [0.25, 0.3) is 0 Å². The van der Waals surface area contributed by atoms with Gasteiger partial charge in [-0.25, -0.2) is 22.2 Å². The van der Waals surface area contributed by atoms with Crippen molar-refractivity contribution in [2.45, 2.75) is 12.6 Å². The Morgan fingerprint density at radius 2 is 1.48 bits per heavy atom. The molecule has 116 valence electrons. The minimum Gasteiger partial charge on any atom is -0.465 e. The molecule has 0 aromatic heterocycles. The Morgan fingerprint density at radius 3 is 1.81 bits per heavy atom. The Balaban J connectivity index is 3.43. The number of methoxy groups -OCH3 is 2. The molecule has 21 heavy (non-hydrogen) atoms. The first kappa shape index (κ1) is 17.1. The van der Waals surface area contributed by atoms with E-state index in [1.807, 2.05) is 0 Å². The van der Waals surface area contributed by atoms with Crippen molar-refractivity contribution in [1.29, 1.82) is 0 Å². The van der Waals surface area contributed by atoms with E-state index in [2.05, 4.69) is 13.7 Å². The van der Waals surface area contributed by atoms with Crippen LogP contribution in [0.4, 0.5) is 0 Å². The van der Waals surface area contributed by atoms with Crippen molar-refractivity contribution in [3.05, 3.63) is 34.9 Å². The van der Waals surface area contributed by atoms with Gasteiger partial charge in [0.15, 0.2) is 5.72 Å². The van der Waals surface area contributed by atoms with Crippen LogP contribution in [0.15, 0.2) is 18.2 Å². The fourth-order valence-corrected chi connectivity index (χ4v) is 2.01. The van der Waals surface area contributed by atoms with Crippen molar-refractivity contribution >= 4 is 22.9 Å². The zero-order valence-electron chi connectivity index (χ0n) is 11.6. The maximum absolute atomic E-state index is 11.6. The van der Waals surface area contributed by atoms with Crippen LogP contribution in [-0.4, -0.2) is 34.6 Å². The summed E-state index contributed by atoms with van der Waals surface area (Å²) >= 11 is 0. The van der Waals surface area contributed by atoms with Gasteiger partial charge in [0.05, 0.1) is 25.3 Å². The first-order valence-corrected chi connectivity index (χ1v) is 6.75. The number of thiol groups is 1. The molecule has 8 nitrogen and oxygen atoms in total. The fourth-order valence-electron chi connectivity index (χ4n) is 1.59. The van der Waals surface area contributed by atoms with Crippen molar-refractivity contribution in [3.8, 4) is 0 Å². The molecule has 1 aromatic rings. The van der Waals surface area contributed by atoms with Crippen LogP contribution in [0.3, 0.4) is 0 Å². The molecule has 0 radical (unpaired) electrons. The number of esters is 2. The molecule has 0 saturated heterocycles. The zero-order valence-corrected chi connectivity index (χ0v) is 12.5. The summed E-state index contributed by atoms with van der Waals surface area (Å²) in [6.07, 6.45) is 0. The van der Waals surface area contributed by atoms with E-state index in [1.165, 1.54) is 39.3 Å². The predicted molar refractivity (Wildman–Crippen MR) is 72.1 cm³/mol. The Labute approximate surface area is 122 Å². The molecule has 0 aliphatic heterocycles. The lowest BCUT2D eigenvalue weighted by Gasteiger charge is -2.22. The first-order valence-electron chi connectivity index (χ1n) is 5.66. The maximum atomic E-state index is 11.6. The zero-order chi connectivity index (χ0) is 16.2. The molecule has 0 fully saturated rings. The van der Waals surface area contributed by atoms with Crippen LogP contribution in [0.5, 0.6) is 0 Å². The van der Waals surface area contributed by atoms with Crippen molar-refractivity contribution in [2.75, 3.05) is 14.2 Å². The topological polar surface area (TPSA) is 122 Å². The lowest BCUT2D eigenvalue weighted by Crippen LogP contribution is -2.36. The van der Waals surface area contributed by atoms with E-state index in [1.54, 1.807) is 0 Å². The number of carbonyl (C=O) groups is 2. The maximum Gasteiger partial charge on any atom is 0.337 e. The molecule has 0 aliphatic rings. The monoisotopic (exact) mass is 317 g/mol. The summed E-state index contributed by atoms with van der Waals surface area (Å²) < 4.78 is 35.1. The van der Waals surface area contributed by atoms with Gasteiger partial charge in [-0.1, -0.05) is 0 Å². The highest BCUT2D eigenvalue weighted by Crippen LogP contribution is 2.23. The highest BCUT2D eigenvalue weighted by molar-refractivity contribution is 7.67. The van der Waals surface area contributed by atoms with Crippen LogP contribution in [0.2, 0.25) is 0 Å². The molecule has 1 aromatic carbocycles. The molecule has 1 unspecified atom stereocenters. The van der Waals surface area contributed by atoms with E-state index < -0.39 is 28.6 Å². The Morgan fingerprint density at radius 1 is 1.05 bits per heavy atom. The second-order valence-corrected chi connectivity index (χ2v) is 4.83. The van der Waals surface area contributed by atoms with Crippen LogP contribution >= 0.6 is 0 Å². The number of hydrogen-bond acceptors (Lipinski definition) is 8. The molecule has 1 rings (SSSR count). The predicted octanol–water partition coefficient (Wildman–Crippen LogP) is -0.0658. The van der Waals surface area contributed by atoms with Crippen molar-refractivity contribution in [2.24, 2.45) is 5.73 Å². The van der Waals surface area contributed by atoms with Gasteiger partial charge in [0.2, 0.25) is 0 Å². The molecule has 1 atom stereocenters. The highest BCUT2D eigenvalue weighted by atomic mass is 32.2. The average molecular weight is 317 g/mol. The number of benzene rings is 1. The van der Waals surface area contributed by atoms with Gasteiger partial charge in [0.1, 0.15) is 0 Å². The minimum absolute atomic E-state index is 0.0109. The number of rotatable bonds is 5. The highest BCUT2D eigenvalue weighted by Gasteiger charge is 2.27. The largest absolute Gasteiger partial charge is 0.465 e. The molecule has 0 aliphatic carbocycles. The standard InChI is InChI=1S/C12H15NO7S/c1-12(13,20-21(16)17)9-5-7(10(14)18-2)4-8(6-9)11(15)19-3/h4-6,21H,13H2,1-3H3. The van der Waals surface area contributed by atoms with Gasteiger partial charge in [0, 0.05) is 5.56 Å². The number of ether oxygens (including phenoxy) is 2. The Kier molecular flexibility index (Phi) is 5.41. The third-order valence-corrected chi connectivity index (χ3v) is 3.14. The van der Waals surface area contributed by atoms with E-state index >= 15 is 0 Å². The summed E-state index contributed by atoms with van der Waals surface area (Å²) in [5.41, 5.74) is 4.13. The van der Waals surface area contributed by atoms with E-state index in [9.17, 15) is 18.0 Å².